The van der Waals surface area contributed by atoms with Crippen LogP contribution in [0.4, 0.5) is 13.2 Å². The number of rotatable bonds is 10. The second kappa shape index (κ2) is 10.7. The van der Waals surface area contributed by atoms with Crippen molar-refractivity contribution in [2.45, 2.75) is 60.2 Å². The largest absolute Gasteiger partial charge is 0.573 e. The van der Waals surface area contributed by atoms with E-state index < -0.39 is 6.36 Å². The highest BCUT2D eigenvalue weighted by molar-refractivity contribution is 5.71. The number of benzene rings is 1. The van der Waals surface area contributed by atoms with E-state index in [0.29, 0.717) is 54.2 Å². The lowest BCUT2D eigenvalue weighted by molar-refractivity contribution is -0.274. The zero-order valence-electron chi connectivity index (χ0n) is 19.0. The third-order valence-corrected chi connectivity index (χ3v) is 4.72. The van der Waals surface area contributed by atoms with E-state index in [4.69, 9.17) is 9.47 Å². The van der Waals surface area contributed by atoms with Gasteiger partial charge < -0.3 is 14.2 Å². The molecule has 172 valence electrons. The molecule has 0 aliphatic heterocycles. The van der Waals surface area contributed by atoms with Gasteiger partial charge in [-0.25, -0.2) is 9.97 Å². The van der Waals surface area contributed by atoms with Crippen molar-refractivity contribution in [3.8, 4) is 28.6 Å². The average molecular weight is 441 g/mol. The van der Waals surface area contributed by atoms with E-state index in [0.717, 1.165) is 6.42 Å². The van der Waals surface area contributed by atoms with Crippen LogP contribution in [0.3, 0.4) is 0 Å². The second-order valence-corrected chi connectivity index (χ2v) is 7.93. The van der Waals surface area contributed by atoms with Crippen molar-refractivity contribution in [3.63, 3.8) is 0 Å². The molecule has 8 heteroatoms. The van der Waals surface area contributed by atoms with Gasteiger partial charge in [-0.05, 0) is 43.2 Å². The van der Waals surface area contributed by atoms with Gasteiger partial charge in [0.25, 0.3) is 0 Å². The number of aryl methyl sites for hydroxylation is 2. The Bertz CT molecular complexity index is 870. The number of hydrogen-bond acceptors (Lipinski definition) is 5. The summed E-state index contributed by atoms with van der Waals surface area (Å²) in [7, 11) is 1.38. The fraction of sp³-hybridized carbons (Fsp3) is 0.565. The second-order valence-electron chi connectivity index (χ2n) is 7.93. The third-order valence-electron chi connectivity index (χ3n) is 4.72. The fourth-order valence-corrected chi connectivity index (χ4v) is 3.42. The summed E-state index contributed by atoms with van der Waals surface area (Å²) in [6.07, 6.45) is -2.81. The van der Waals surface area contributed by atoms with Gasteiger partial charge in [0.05, 0.1) is 25.1 Å². The topological polar surface area (TPSA) is 53.5 Å². The number of ether oxygens (including phenoxy) is 3. The van der Waals surface area contributed by atoms with Crippen molar-refractivity contribution in [2.75, 3.05) is 13.7 Å². The Kier molecular flexibility index (Phi) is 8.53. The first-order valence-corrected chi connectivity index (χ1v) is 10.5. The van der Waals surface area contributed by atoms with Crippen LogP contribution in [-0.4, -0.2) is 30.0 Å². The highest BCUT2D eigenvalue weighted by Crippen LogP contribution is 2.38. The predicted molar refractivity (Wildman–Crippen MR) is 114 cm³/mol. The normalized spacial score (nSPS) is 12.7. The number of alkyl halides is 3. The summed E-state index contributed by atoms with van der Waals surface area (Å²) in [5, 5.41) is 0. The number of nitrogens with zero attached hydrogens (tertiary/aromatic N) is 2. The zero-order valence-corrected chi connectivity index (χ0v) is 19.0. The molecule has 5 nitrogen and oxygen atoms in total. The molecule has 0 saturated heterocycles. The molecule has 31 heavy (non-hydrogen) atoms. The molecule has 0 fully saturated rings. The van der Waals surface area contributed by atoms with E-state index in [2.05, 4.69) is 35.5 Å². The average Bonchev–Trinajstić information content (AvgIpc) is 2.69. The number of methoxy groups -OCH3 is 1. The van der Waals surface area contributed by atoms with E-state index in [-0.39, 0.29) is 17.1 Å². The summed E-state index contributed by atoms with van der Waals surface area (Å²) in [5.74, 6) is 1.22. The SMILES string of the molecule is CCc1nc(-c2ccc(OC)cc2OC(F)(F)F)c(CC)nc1OCC(C)CC(C)C. The lowest BCUT2D eigenvalue weighted by Gasteiger charge is -2.19. The number of halogens is 3. The molecule has 0 aliphatic carbocycles. The number of hydrogen-bond donors (Lipinski definition) is 0. The van der Waals surface area contributed by atoms with Crippen LogP contribution < -0.4 is 14.2 Å². The standard InChI is InChI=1S/C23H31F3N2O3/c1-7-18-21(17-10-9-16(29-6)12-20(17)31-23(24,25)26)27-19(8-2)22(28-18)30-13-15(5)11-14(3)4/h9-10,12,14-15H,7-8,11,13H2,1-6H3. The molecule has 1 aromatic carbocycles. The van der Waals surface area contributed by atoms with Crippen molar-refractivity contribution in [1.29, 1.82) is 0 Å². The zero-order chi connectivity index (χ0) is 23.2. The quantitative estimate of drug-likeness (QED) is 0.438. The van der Waals surface area contributed by atoms with Crippen LogP contribution in [0.2, 0.25) is 0 Å². The van der Waals surface area contributed by atoms with Crippen molar-refractivity contribution < 1.29 is 27.4 Å². The first-order chi connectivity index (χ1) is 14.6. The van der Waals surface area contributed by atoms with Crippen LogP contribution in [0.25, 0.3) is 11.3 Å². The summed E-state index contributed by atoms with van der Waals surface area (Å²) in [4.78, 5) is 9.26. The molecule has 1 atom stereocenters. The van der Waals surface area contributed by atoms with Gasteiger partial charge in [-0.1, -0.05) is 34.6 Å². The maximum atomic E-state index is 13.0. The van der Waals surface area contributed by atoms with Crippen molar-refractivity contribution in [1.82, 2.24) is 9.97 Å². The monoisotopic (exact) mass is 440 g/mol. The number of aromatic nitrogens is 2. The van der Waals surface area contributed by atoms with Crippen LogP contribution in [0.5, 0.6) is 17.4 Å². The fourth-order valence-electron chi connectivity index (χ4n) is 3.42. The lowest BCUT2D eigenvalue weighted by Crippen LogP contribution is -2.18. The maximum Gasteiger partial charge on any atom is 0.573 e. The van der Waals surface area contributed by atoms with Gasteiger partial charge in [-0.2, -0.15) is 0 Å². The molecule has 0 saturated carbocycles. The van der Waals surface area contributed by atoms with Gasteiger partial charge in [0, 0.05) is 11.6 Å². The summed E-state index contributed by atoms with van der Waals surface area (Å²) in [6.45, 7) is 10.7. The summed E-state index contributed by atoms with van der Waals surface area (Å²) >= 11 is 0. The Morgan fingerprint density at radius 3 is 2.23 bits per heavy atom. The minimum atomic E-state index is -4.84. The Morgan fingerprint density at radius 2 is 1.68 bits per heavy atom. The summed E-state index contributed by atoms with van der Waals surface area (Å²) in [6, 6.07) is 4.28. The van der Waals surface area contributed by atoms with Crippen molar-refractivity contribution in [2.24, 2.45) is 11.8 Å². The molecule has 0 aliphatic rings. The third kappa shape index (κ3) is 7.01. The van der Waals surface area contributed by atoms with Gasteiger partial charge in [0.2, 0.25) is 5.88 Å². The molecule has 0 bridgehead atoms. The molecule has 1 unspecified atom stereocenters. The molecule has 0 N–H and O–H groups in total. The Morgan fingerprint density at radius 1 is 1.00 bits per heavy atom. The predicted octanol–water partition coefficient (Wildman–Crippen LogP) is 6.24. The molecule has 1 heterocycles. The summed E-state index contributed by atoms with van der Waals surface area (Å²) < 4.78 is 54.3. The van der Waals surface area contributed by atoms with Crippen molar-refractivity contribution >= 4 is 0 Å². The van der Waals surface area contributed by atoms with Crippen LogP contribution in [0.15, 0.2) is 18.2 Å². The van der Waals surface area contributed by atoms with Crippen LogP contribution in [-0.2, 0) is 12.8 Å². The van der Waals surface area contributed by atoms with E-state index in [1.165, 1.54) is 19.2 Å². The van der Waals surface area contributed by atoms with E-state index in [9.17, 15) is 13.2 Å². The molecule has 0 spiro atoms. The van der Waals surface area contributed by atoms with E-state index in [1.54, 1.807) is 6.07 Å². The molecular weight excluding hydrogens is 409 g/mol. The van der Waals surface area contributed by atoms with Crippen LogP contribution in [0, 0.1) is 11.8 Å². The minimum Gasteiger partial charge on any atom is -0.497 e. The van der Waals surface area contributed by atoms with Gasteiger partial charge in [-0.15, -0.1) is 13.2 Å². The van der Waals surface area contributed by atoms with E-state index in [1.807, 2.05) is 13.8 Å². The molecule has 2 rings (SSSR count). The molecule has 1 aromatic heterocycles. The Hall–Kier alpha value is -2.51. The first-order valence-electron chi connectivity index (χ1n) is 10.5. The van der Waals surface area contributed by atoms with Gasteiger partial charge in [0.1, 0.15) is 17.2 Å². The van der Waals surface area contributed by atoms with Gasteiger partial charge in [0.15, 0.2) is 0 Å². The lowest BCUT2D eigenvalue weighted by atomic mass is 10.00. The highest BCUT2D eigenvalue weighted by atomic mass is 19.4. The maximum absolute atomic E-state index is 13.0. The minimum absolute atomic E-state index is 0.205. The van der Waals surface area contributed by atoms with Crippen LogP contribution >= 0.6 is 0 Å². The molecule has 0 radical (unpaired) electrons. The van der Waals surface area contributed by atoms with Crippen molar-refractivity contribution in [3.05, 3.63) is 29.6 Å². The first kappa shape index (κ1) is 24.8. The Balaban J connectivity index is 2.48. The highest BCUT2D eigenvalue weighted by Gasteiger charge is 2.33. The van der Waals surface area contributed by atoms with Crippen LogP contribution in [0.1, 0.15) is 52.4 Å². The van der Waals surface area contributed by atoms with Gasteiger partial charge >= 0.3 is 6.36 Å². The molecule has 0 amide bonds. The Labute approximate surface area is 182 Å². The van der Waals surface area contributed by atoms with Gasteiger partial charge in [-0.3, -0.25) is 0 Å². The molecule has 2 aromatic rings. The summed E-state index contributed by atoms with van der Waals surface area (Å²) in [5.41, 5.74) is 1.69. The smallest absolute Gasteiger partial charge is 0.497 e. The van der Waals surface area contributed by atoms with E-state index >= 15 is 0 Å². The molecular formula is C23H31F3N2O3.